The summed E-state index contributed by atoms with van der Waals surface area (Å²) in [6, 6.07) is 0. The second-order valence-corrected chi connectivity index (χ2v) is 3.46. The van der Waals surface area contributed by atoms with Crippen molar-refractivity contribution in [3.63, 3.8) is 0 Å². The van der Waals surface area contributed by atoms with Gasteiger partial charge in [-0.25, -0.2) is 0 Å². The van der Waals surface area contributed by atoms with Gasteiger partial charge in [0.25, 0.3) is 0 Å². The zero-order chi connectivity index (χ0) is 12.9. The van der Waals surface area contributed by atoms with Crippen molar-refractivity contribution in [2.75, 3.05) is 20.3 Å². The van der Waals surface area contributed by atoms with Gasteiger partial charge in [0, 0.05) is 25.4 Å². The lowest BCUT2D eigenvalue weighted by atomic mass is 10.3. The number of alkyl halides is 3. The summed E-state index contributed by atoms with van der Waals surface area (Å²) in [6.45, 7) is -1.74. The van der Waals surface area contributed by atoms with Crippen LogP contribution in [0.2, 0.25) is 0 Å². The average Bonchev–Trinajstić information content (AvgIpc) is 2.68. The number of ether oxygens (including phenoxy) is 1. The Hall–Kier alpha value is -1.57. The van der Waals surface area contributed by atoms with Crippen molar-refractivity contribution in [3.8, 4) is 0 Å². The summed E-state index contributed by atoms with van der Waals surface area (Å²) in [4.78, 5) is 12.6. The number of hydrogen-bond acceptors (Lipinski definition) is 3. The van der Waals surface area contributed by atoms with Gasteiger partial charge in [0.1, 0.15) is 13.2 Å². The molecule has 96 valence electrons. The number of H-pyrrole nitrogens is 1. The highest BCUT2D eigenvalue weighted by Gasteiger charge is 2.28. The molecule has 0 spiro atoms. The van der Waals surface area contributed by atoms with Crippen LogP contribution >= 0.6 is 0 Å². The predicted molar refractivity (Wildman–Crippen MR) is 51.9 cm³/mol. The van der Waals surface area contributed by atoms with Crippen LogP contribution in [0.25, 0.3) is 0 Å². The van der Waals surface area contributed by atoms with E-state index in [0.29, 0.717) is 0 Å². The van der Waals surface area contributed by atoms with E-state index in [9.17, 15) is 18.0 Å². The molecule has 0 aliphatic rings. The van der Waals surface area contributed by atoms with Gasteiger partial charge in [0.15, 0.2) is 0 Å². The van der Waals surface area contributed by atoms with Gasteiger partial charge >= 0.3 is 6.18 Å². The summed E-state index contributed by atoms with van der Waals surface area (Å²) in [5.74, 6) is -0.518. The van der Waals surface area contributed by atoms with Crippen LogP contribution in [0, 0.1) is 0 Å². The molecule has 0 aromatic carbocycles. The molecular weight excluding hydrogens is 239 g/mol. The van der Waals surface area contributed by atoms with E-state index in [1.54, 1.807) is 6.20 Å². The number of halogens is 3. The van der Waals surface area contributed by atoms with Crippen LogP contribution in [0.3, 0.4) is 0 Å². The third-order valence-corrected chi connectivity index (χ3v) is 1.89. The van der Waals surface area contributed by atoms with Gasteiger partial charge in [0.2, 0.25) is 5.91 Å². The third kappa shape index (κ3) is 5.34. The Kier molecular flexibility index (Phi) is 4.50. The standard InChI is InChI=1S/C9H12F3N3O2/c1-15(4-7-2-13-14-3-7)8(16)5-17-6-9(10,11)12/h2-3H,4-6H2,1H3,(H,13,14). The summed E-state index contributed by atoms with van der Waals surface area (Å²) in [6.07, 6.45) is -1.29. The predicted octanol–water partition coefficient (Wildman–Crippen LogP) is 0.947. The van der Waals surface area contributed by atoms with E-state index in [1.807, 2.05) is 0 Å². The van der Waals surface area contributed by atoms with E-state index in [0.717, 1.165) is 5.56 Å². The van der Waals surface area contributed by atoms with Crippen LogP contribution in [0.5, 0.6) is 0 Å². The number of nitrogens with one attached hydrogen (secondary N) is 1. The van der Waals surface area contributed by atoms with Crippen LogP contribution in [0.4, 0.5) is 13.2 Å². The molecule has 0 saturated heterocycles. The Labute approximate surface area is 95.5 Å². The number of amides is 1. The third-order valence-electron chi connectivity index (χ3n) is 1.89. The topological polar surface area (TPSA) is 58.2 Å². The van der Waals surface area contributed by atoms with Crippen molar-refractivity contribution >= 4 is 5.91 Å². The molecule has 0 radical (unpaired) electrons. The number of nitrogens with zero attached hydrogens (tertiary/aromatic N) is 2. The second-order valence-electron chi connectivity index (χ2n) is 3.46. The number of aromatic nitrogens is 2. The minimum absolute atomic E-state index is 0.269. The van der Waals surface area contributed by atoms with E-state index in [4.69, 9.17) is 0 Å². The second kappa shape index (κ2) is 5.67. The summed E-state index contributed by atoms with van der Waals surface area (Å²) in [5.41, 5.74) is 0.761. The van der Waals surface area contributed by atoms with Crippen molar-refractivity contribution in [3.05, 3.63) is 18.0 Å². The molecule has 0 bridgehead atoms. The molecule has 0 fully saturated rings. The maximum atomic E-state index is 11.8. The van der Waals surface area contributed by atoms with Gasteiger partial charge in [-0.3, -0.25) is 9.89 Å². The lowest BCUT2D eigenvalue weighted by Gasteiger charge is -2.16. The molecule has 1 amide bonds. The van der Waals surface area contributed by atoms with Crippen molar-refractivity contribution in [2.45, 2.75) is 12.7 Å². The number of likely N-dealkylation sites (N-methyl/N-ethyl adjacent to an activating group) is 1. The number of rotatable bonds is 5. The number of carbonyl (C=O) groups excluding carboxylic acids is 1. The van der Waals surface area contributed by atoms with Gasteiger partial charge in [-0.05, 0) is 0 Å². The van der Waals surface area contributed by atoms with Crippen LogP contribution in [-0.4, -0.2) is 47.4 Å². The fourth-order valence-corrected chi connectivity index (χ4v) is 1.09. The Balaban J connectivity index is 2.28. The molecule has 0 aliphatic heterocycles. The SMILES string of the molecule is CN(Cc1cn[nH]c1)C(=O)COCC(F)(F)F. The number of hydrogen-bond donors (Lipinski definition) is 1. The van der Waals surface area contributed by atoms with Crippen LogP contribution < -0.4 is 0 Å². The molecular formula is C9H12F3N3O2. The van der Waals surface area contributed by atoms with Crippen molar-refractivity contribution in [1.29, 1.82) is 0 Å². The lowest BCUT2D eigenvalue weighted by Crippen LogP contribution is -2.31. The minimum atomic E-state index is -4.41. The molecule has 0 aliphatic carbocycles. The largest absolute Gasteiger partial charge is 0.411 e. The van der Waals surface area contributed by atoms with Gasteiger partial charge < -0.3 is 9.64 Å². The Morgan fingerprint density at radius 2 is 2.29 bits per heavy atom. The molecule has 1 heterocycles. The normalized spacial score (nSPS) is 11.5. The molecule has 0 unspecified atom stereocenters. The maximum absolute atomic E-state index is 11.8. The number of aromatic amines is 1. The Bertz CT molecular complexity index is 351. The fraction of sp³-hybridized carbons (Fsp3) is 0.556. The Morgan fingerprint density at radius 3 is 2.82 bits per heavy atom. The molecule has 0 atom stereocenters. The highest BCUT2D eigenvalue weighted by atomic mass is 19.4. The van der Waals surface area contributed by atoms with Crippen LogP contribution in [-0.2, 0) is 16.1 Å². The zero-order valence-corrected chi connectivity index (χ0v) is 9.12. The highest BCUT2D eigenvalue weighted by Crippen LogP contribution is 2.14. The molecule has 1 aromatic rings. The van der Waals surface area contributed by atoms with E-state index in [-0.39, 0.29) is 6.54 Å². The molecule has 8 heteroatoms. The first-order chi connectivity index (χ1) is 7.88. The summed E-state index contributed by atoms with van der Waals surface area (Å²) < 4.78 is 39.5. The maximum Gasteiger partial charge on any atom is 0.411 e. The van der Waals surface area contributed by atoms with E-state index in [1.165, 1.54) is 18.1 Å². The average molecular weight is 251 g/mol. The molecule has 5 nitrogen and oxygen atoms in total. The molecule has 17 heavy (non-hydrogen) atoms. The fourth-order valence-electron chi connectivity index (χ4n) is 1.09. The van der Waals surface area contributed by atoms with Crippen molar-refractivity contribution in [1.82, 2.24) is 15.1 Å². The summed E-state index contributed by atoms with van der Waals surface area (Å²) in [7, 11) is 1.48. The monoisotopic (exact) mass is 251 g/mol. The van der Waals surface area contributed by atoms with Gasteiger partial charge in [-0.15, -0.1) is 0 Å². The minimum Gasteiger partial charge on any atom is -0.362 e. The summed E-state index contributed by atoms with van der Waals surface area (Å²) >= 11 is 0. The van der Waals surface area contributed by atoms with E-state index in [2.05, 4.69) is 14.9 Å². The zero-order valence-electron chi connectivity index (χ0n) is 9.12. The van der Waals surface area contributed by atoms with Crippen molar-refractivity contribution in [2.24, 2.45) is 0 Å². The smallest absolute Gasteiger partial charge is 0.362 e. The first-order valence-corrected chi connectivity index (χ1v) is 4.74. The Morgan fingerprint density at radius 1 is 1.59 bits per heavy atom. The van der Waals surface area contributed by atoms with Crippen LogP contribution in [0.1, 0.15) is 5.56 Å². The molecule has 1 aromatic heterocycles. The first kappa shape index (κ1) is 13.5. The molecule has 1 N–H and O–H groups in total. The number of carbonyl (C=O) groups is 1. The molecule has 1 rings (SSSR count). The van der Waals surface area contributed by atoms with Gasteiger partial charge in [-0.1, -0.05) is 0 Å². The van der Waals surface area contributed by atoms with E-state index < -0.39 is 25.3 Å². The summed E-state index contributed by atoms with van der Waals surface area (Å²) in [5, 5.41) is 6.26. The van der Waals surface area contributed by atoms with Crippen LogP contribution in [0.15, 0.2) is 12.4 Å². The lowest BCUT2D eigenvalue weighted by molar-refractivity contribution is -0.177. The highest BCUT2D eigenvalue weighted by molar-refractivity contribution is 5.77. The van der Waals surface area contributed by atoms with Crippen molar-refractivity contribution < 1.29 is 22.7 Å². The van der Waals surface area contributed by atoms with Gasteiger partial charge in [0.05, 0.1) is 6.20 Å². The first-order valence-electron chi connectivity index (χ1n) is 4.74. The molecule has 0 saturated carbocycles. The van der Waals surface area contributed by atoms with E-state index >= 15 is 0 Å². The quantitative estimate of drug-likeness (QED) is 0.847. The van der Waals surface area contributed by atoms with Gasteiger partial charge in [-0.2, -0.15) is 18.3 Å².